The van der Waals surface area contributed by atoms with Gasteiger partial charge in [-0.25, -0.2) is 0 Å². The molecule has 3 heterocycles. The Hall–Kier alpha value is -1.99. The maximum absolute atomic E-state index is 12.8. The largest absolute Gasteiger partial charge is 0.379 e. The number of likely N-dealkylation sites (N-methyl/N-ethyl adjacent to an activating group) is 1. The molecule has 2 aromatic rings. The van der Waals surface area contributed by atoms with E-state index in [0.717, 1.165) is 37.3 Å². The van der Waals surface area contributed by atoms with Crippen LogP contribution in [0.25, 0.3) is 11.0 Å². The van der Waals surface area contributed by atoms with Crippen LogP contribution in [0.2, 0.25) is 0 Å². The monoisotopic (exact) mass is 315 g/mol. The predicted molar refractivity (Wildman–Crippen MR) is 84.8 cm³/mol. The summed E-state index contributed by atoms with van der Waals surface area (Å²) in [6, 6.07) is 7.78. The van der Waals surface area contributed by atoms with Crippen LogP contribution in [-0.2, 0) is 16.1 Å². The summed E-state index contributed by atoms with van der Waals surface area (Å²) in [5.41, 5.74) is 1.64. The zero-order valence-electron chi connectivity index (χ0n) is 13.3. The van der Waals surface area contributed by atoms with Crippen LogP contribution in [0.5, 0.6) is 0 Å². The molecule has 2 saturated heterocycles. The van der Waals surface area contributed by atoms with Crippen molar-refractivity contribution in [2.45, 2.75) is 12.6 Å². The highest BCUT2D eigenvalue weighted by Gasteiger charge is 2.34. The Morgan fingerprint density at radius 3 is 2.65 bits per heavy atom. The third-order valence-electron chi connectivity index (χ3n) is 4.58. The van der Waals surface area contributed by atoms with Crippen LogP contribution in [0, 0.1) is 5.92 Å². The Morgan fingerprint density at radius 1 is 1.17 bits per heavy atom. The standard InChI is InChI=1S/C16H21N5O2/c1-19-6-12-7-20(13(8-19)11-23-10-12)16(22)9-21-17-14-4-2-3-5-15(14)18-21/h2-5,12-13H,6-11H2,1H3/t12-,13-/m0/s1. The van der Waals surface area contributed by atoms with Gasteiger partial charge in [-0.1, -0.05) is 12.1 Å². The minimum atomic E-state index is 0.0705. The number of nitrogens with zero attached hydrogens (tertiary/aromatic N) is 5. The zero-order valence-corrected chi connectivity index (χ0v) is 13.3. The molecule has 23 heavy (non-hydrogen) atoms. The Bertz CT molecular complexity index is 682. The number of ether oxygens (including phenoxy) is 1. The molecule has 7 nitrogen and oxygen atoms in total. The average molecular weight is 315 g/mol. The summed E-state index contributed by atoms with van der Waals surface area (Å²) in [6.45, 7) is 4.12. The maximum Gasteiger partial charge on any atom is 0.246 e. The molecule has 2 fully saturated rings. The van der Waals surface area contributed by atoms with Crippen LogP contribution >= 0.6 is 0 Å². The van der Waals surface area contributed by atoms with Crippen LogP contribution in [0.15, 0.2) is 24.3 Å². The fourth-order valence-corrected chi connectivity index (χ4v) is 3.57. The van der Waals surface area contributed by atoms with Crippen LogP contribution in [-0.4, -0.2) is 76.6 Å². The van der Waals surface area contributed by atoms with E-state index in [1.54, 1.807) is 0 Å². The van der Waals surface area contributed by atoms with Crippen molar-refractivity contribution in [3.8, 4) is 0 Å². The fourth-order valence-electron chi connectivity index (χ4n) is 3.57. The van der Waals surface area contributed by atoms with Gasteiger partial charge in [-0.3, -0.25) is 4.79 Å². The minimum Gasteiger partial charge on any atom is -0.379 e. The molecule has 0 N–H and O–H groups in total. The second-order valence-corrected chi connectivity index (χ2v) is 6.54. The van der Waals surface area contributed by atoms with E-state index in [4.69, 9.17) is 4.74 Å². The van der Waals surface area contributed by atoms with Gasteiger partial charge in [0.1, 0.15) is 17.6 Å². The van der Waals surface area contributed by atoms with Gasteiger partial charge in [0, 0.05) is 25.6 Å². The summed E-state index contributed by atoms with van der Waals surface area (Å²) in [6.07, 6.45) is 0. The van der Waals surface area contributed by atoms with Gasteiger partial charge < -0.3 is 14.5 Å². The minimum absolute atomic E-state index is 0.0705. The molecule has 1 aromatic heterocycles. The van der Waals surface area contributed by atoms with E-state index in [1.165, 1.54) is 4.80 Å². The van der Waals surface area contributed by atoms with Gasteiger partial charge in [0.25, 0.3) is 0 Å². The molecule has 2 aliphatic heterocycles. The number of aromatic nitrogens is 3. The Kier molecular flexibility index (Phi) is 3.74. The number of rotatable bonds is 2. The highest BCUT2D eigenvalue weighted by atomic mass is 16.5. The first kappa shape index (κ1) is 14.6. The van der Waals surface area contributed by atoms with Crippen LogP contribution in [0.3, 0.4) is 0 Å². The van der Waals surface area contributed by atoms with Crippen molar-refractivity contribution < 1.29 is 9.53 Å². The summed E-state index contributed by atoms with van der Waals surface area (Å²) in [5, 5.41) is 8.78. The first-order chi connectivity index (χ1) is 11.2. The summed E-state index contributed by atoms with van der Waals surface area (Å²) in [7, 11) is 2.11. The summed E-state index contributed by atoms with van der Waals surface area (Å²) in [4.78, 5) is 18.6. The van der Waals surface area contributed by atoms with Crippen molar-refractivity contribution >= 4 is 16.9 Å². The van der Waals surface area contributed by atoms with Gasteiger partial charge in [-0.15, -0.1) is 0 Å². The molecule has 0 aliphatic carbocycles. The number of amides is 1. The van der Waals surface area contributed by atoms with E-state index < -0.39 is 0 Å². The van der Waals surface area contributed by atoms with Gasteiger partial charge in [0.15, 0.2) is 0 Å². The second-order valence-electron chi connectivity index (χ2n) is 6.54. The van der Waals surface area contributed by atoms with E-state index in [2.05, 4.69) is 22.1 Å². The highest BCUT2D eigenvalue weighted by Crippen LogP contribution is 2.19. The van der Waals surface area contributed by atoms with E-state index in [0.29, 0.717) is 12.5 Å². The first-order valence-corrected chi connectivity index (χ1v) is 8.04. The molecule has 1 aromatic carbocycles. The lowest BCUT2D eigenvalue weighted by atomic mass is 10.1. The van der Waals surface area contributed by atoms with Crippen molar-refractivity contribution in [1.82, 2.24) is 24.8 Å². The average Bonchev–Trinajstić information content (AvgIpc) is 2.71. The zero-order chi connectivity index (χ0) is 15.8. The molecule has 4 rings (SSSR count). The number of hydrogen-bond acceptors (Lipinski definition) is 5. The lowest BCUT2D eigenvalue weighted by molar-refractivity contribution is -0.135. The van der Waals surface area contributed by atoms with Crippen molar-refractivity contribution in [3.05, 3.63) is 24.3 Å². The molecule has 0 saturated carbocycles. The van der Waals surface area contributed by atoms with E-state index in [9.17, 15) is 4.79 Å². The van der Waals surface area contributed by atoms with Crippen molar-refractivity contribution in [3.63, 3.8) is 0 Å². The SMILES string of the molecule is CN1C[C@@H]2COC[C@H](C1)N(C(=O)Cn1nc3ccccc3n1)C2. The van der Waals surface area contributed by atoms with Crippen LogP contribution < -0.4 is 0 Å². The number of fused-ring (bicyclic) bond motifs is 4. The van der Waals surface area contributed by atoms with Gasteiger partial charge >= 0.3 is 0 Å². The summed E-state index contributed by atoms with van der Waals surface area (Å²) >= 11 is 0. The first-order valence-electron chi connectivity index (χ1n) is 8.04. The smallest absolute Gasteiger partial charge is 0.246 e. The van der Waals surface area contributed by atoms with Crippen molar-refractivity contribution in [2.24, 2.45) is 5.92 Å². The Morgan fingerprint density at radius 2 is 1.91 bits per heavy atom. The Labute approximate surface area is 134 Å². The quantitative estimate of drug-likeness (QED) is 0.793. The lowest BCUT2D eigenvalue weighted by Crippen LogP contribution is -2.47. The predicted octanol–water partition coefficient (Wildman–Crippen LogP) is 0.220. The molecule has 0 radical (unpaired) electrons. The normalized spacial score (nSPS) is 25.5. The van der Waals surface area contributed by atoms with Gasteiger partial charge in [0.05, 0.1) is 19.3 Å². The van der Waals surface area contributed by atoms with Crippen molar-refractivity contribution in [2.75, 3.05) is 39.9 Å². The molecule has 7 heteroatoms. The topological polar surface area (TPSA) is 63.5 Å². The van der Waals surface area contributed by atoms with Gasteiger partial charge in [0.2, 0.25) is 5.91 Å². The second kappa shape index (κ2) is 5.90. The van der Waals surface area contributed by atoms with Crippen LogP contribution in [0.1, 0.15) is 0 Å². The number of carbonyl (C=O) groups is 1. The summed E-state index contributed by atoms with van der Waals surface area (Å²) < 4.78 is 5.73. The highest BCUT2D eigenvalue weighted by molar-refractivity contribution is 5.77. The Balaban J connectivity index is 1.53. The van der Waals surface area contributed by atoms with E-state index in [-0.39, 0.29) is 18.5 Å². The molecule has 2 bridgehead atoms. The van der Waals surface area contributed by atoms with Gasteiger partial charge in [-0.2, -0.15) is 15.0 Å². The van der Waals surface area contributed by atoms with E-state index >= 15 is 0 Å². The molecule has 0 spiro atoms. The van der Waals surface area contributed by atoms with Gasteiger partial charge in [-0.05, 0) is 19.2 Å². The van der Waals surface area contributed by atoms with E-state index in [1.807, 2.05) is 29.2 Å². The maximum atomic E-state index is 12.8. The molecule has 2 atom stereocenters. The number of hydrogen-bond donors (Lipinski definition) is 0. The third kappa shape index (κ3) is 2.94. The number of benzene rings is 1. The number of carbonyl (C=O) groups excluding carboxylic acids is 1. The molecule has 1 amide bonds. The fraction of sp³-hybridized carbons (Fsp3) is 0.562. The summed E-state index contributed by atoms with van der Waals surface area (Å²) in [5.74, 6) is 0.446. The lowest BCUT2D eigenvalue weighted by Gasteiger charge is -2.29. The van der Waals surface area contributed by atoms with Crippen molar-refractivity contribution in [1.29, 1.82) is 0 Å². The van der Waals surface area contributed by atoms with Crippen LogP contribution in [0.4, 0.5) is 0 Å². The molecular weight excluding hydrogens is 294 g/mol. The molecular formula is C16H21N5O2. The molecule has 0 unspecified atom stereocenters. The molecule has 2 aliphatic rings. The third-order valence-corrected chi connectivity index (χ3v) is 4.58. The molecule has 122 valence electrons.